The molecular weight excluding hydrogens is 164 g/mol. The van der Waals surface area contributed by atoms with Gasteiger partial charge in [0.15, 0.2) is 0 Å². The lowest BCUT2D eigenvalue weighted by Crippen LogP contribution is -2.20. The zero-order valence-corrected chi connectivity index (χ0v) is 8.21. The summed E-state index contributed by atoms with van der Waals surface area (Å²) in [7, 11) is 0. The van der Waals surface area contributed by atoms with Crippen LogP contribution in [0, 0.1) is 12.8 Å². The zero-order valence-electron chi connectivity index (χ0n) is 8.21. The third-order valence-electron chi connectivity index (χ3n) is 3.21. The molecule has 72 valence electrons. The van der Waals surface area contributed by atoms with Crippen LogP contribution in [0.2, 0.25) is 0 Å². The molecule has 1 aliphatic rings. The molecule has 1 aliphatic carbocycles. The molecule has 0 bridgehead atoms. The standard InChI is InChI=1S/C11H16O2/c1-7-3-4-9-8(2)6-13-11(9)10(7)5-12/h6-7,10,12H,3-5H2,1-2H3. The predicted molar refractivity (Wildman–Crippen MR) is 50.8 cm³/mol. The topological polar surface area (TPSA) is 33.4 Å². The highest BCUT2D eigenvalue weighted by atomic mass is 16.3. The van der Waals surface area contributed by atoms with Gasteiger partial charge >= 0.3 is 0 Å². The average Bonchev–Trinajstić information content (AvgIpc) is 2.48. The van der Waals surface area contributed by atoms with Crippen LogP contribution in [0.5, 0.6) is 0 Å². The molecule has 0 radical (unpaired) electrons. The molecular formula is C11H16O2. The first-order valence-electron chi connectivity index (χ1n) is 4.91. The van der Waals surface area contributed by atoms with Gasteiger partial charge in [-0.15, -0.1) is 0 Å². The summed E-state index contributed by atoms with van der Waals surface area (Å²) < 4.78 is 5.50. The molecule has 1 heterocycles. The van der Waals surface area contributed by atoms with Crippen LogP contribution in [0.4, 0.5) is 0 Å². The second-order valence-electron chi connectivity index (χ2n) is 4.07. The summed E-state index contributed by atoms with van der Waals surface area (Å²) >= 11 is 0. The van der Waals surface area contributed by atoms with Crippen LogP contribution in [0.1, 0.15) is 36.1 Å². The normalized spacial score (nSPS) is 27.3. The van der Waals surface area contributed by atoms with E-state index < -0.39 is 0 Å². The number of fused-ring (bicyclic) bond motifs is 1. The third-order valence-corrected chi connectivity index (χ3v) is 3.21. The van der Waals surface area contributed by atoms with Gasteiger partial charge in [-0.25, -0.2) is 0 Å². The number of rotatable bonds is 1. The van der Waals surface area contributed by atoms with E-state index in [-0.39, 0.29) is 12.5 Å². The van der Waals surface area contributed by atoms with E-state index >= 15 is 0 Å². The number of aliphatic hydroxyl groups is 1. The van der Waals surface area contributed by atoms with Gasteiger partial charge in [0.25, 0.3) is 0 Å². The van der Waals surface area contributed by atoms with Gasteiger partial charge in [0.2, 0.25) is 0 Å². The Morgan fingerprint density at radius 2 is 2.38 bits per heavy atom. The van der Waals surface area contributed by atoms with E-state index in [4.69, 9.17) is 4.42 Å². The fourth-order valence-electron chi connectivity index (χ4n) is 2.21. The molecule has 0 amide bonds. The zero-order chi connectivity index (χ0) is 9.42. The van der Waals surface area contributed by atoms with Crippen molar-refractivity contribution in [3.05, 3.63) is 23.2 Å². The van der Waals surface area contributed by atoms with E-state index in [9.17, 15) is 5.11 Å². The molecule has 2 atom stereocenters. The van der Waals surface area contributed by atoms with Crippen molar-refractivity contribution < 1.29 is 9.52 Å². The molecule has 13 heavy (non-hydrogen) atoms. The molecule has 0 fully saturated rings. The molecule has 0 saturated heterocycles. The molecule has 0 spiro atoms. The Labute approximate surface area is 78.6 Å². The molecule has 0 aromatic carbocycles. The molecule has 0 saturated carbocycles. The summed E-state index contributed by atoms with van der Waals surface area (Å²) in [5.41, 5.74) is 2.57. The maximum atomic E-state index is 9.26. The maximum absolute atomic E-state index is 9.26. The second kappa shape index (κ2) is 3.18. The maximum Gasteiger partial charge on any atom is 0.112 e. The van der Waals surface area contributed by atoms with Crippen LogP contribution in [-0.2, 0) is 6.42 Å². The summed E-state index contributed by atoms with van der Waals surface area (Å²) in [6.07, 6.45) is 4.08. The molecule has 2 unspecified atom stereocenters. The average molecular weight is 180 g/mol. The Morgan fingerprint density at radius 3 is 3.08 bits per heavy atom. The highest BCUT2D eigenvalue weighted by Gasteiger charge is 2.29. The number of hydrogen-bond donors (Lipinski definition) is 1. The summed E-state index contributed by atoms with van der Waals surface area (Å²) in [6.45, 7) is 4.47. The van der Waals surface area contributed by atoms with Crippen LogP contribution in [0.25, 0.3) is 0 Å². The van der Waals surface area contributed by atoms with E-state index in [0.717, 1.165) is 12.2 Å². The van der Waals surface area contributed by atoms with E-state index in [1.807, 2.05) is 6.26 Å². The van der Waals surface area contributed by atoms with Gasteiger partial charge in [-0.05, 0) is 36.8 Å². The van der Waals surface area contributed by atoms with E-state index in [1.54, 1.807) is 0 Å². The number of aliphatic hydroxyl groups excluding tert-OH is 1. The molecule has 2 nitrogen and oxygen atoms in total. The number of furan rings is 1. The summed E-state index contributed by atoms with van der Waals surface area (Å²) in [5.74, 6) is 1.79. The smallest absolute Gasteiger partial charge is 0.112 e. The Hall–Kier alpha value is -0.760. The first-order chi connectivity index (χ1) is 6.24. The SMILES string of the molecule is Cc1coc2c1CCC(C)C2CO. The first-order valence-corrected chi connectivity index (χ1v) is 4.91. The van der Waals surface area contributed by atoms with Gasteiger partial charge in [0, 0.05) is 5.92 Å². The van der Waals surface area contributed by atoms with Crippen LogP contribution < -0.4 is 0 Å². The van der Waals surface area contributed by atoms with Crippen molar-refractivity contribution >= 4 is 0 Å². The van der Waals surface area contributed by atoms with Crippen molar-refractivity contribution in [1.29, 1.82) is 0 Å². The van der Waals surface area contributed by atoms with Crippen molar-refractivity contribution in [3.8, 4) is 0 Å². The van der Waals surface area contributed by atoms with Gasteiger partial charge < -0.3 is 9.52 Å². The van der Waals surface area contributed by atoms with Gasteiger partial charge in [-0.2, -0.15) is 0 Å². The number of aryl methyl sites for hydroxylation is 1. The van der Waals surface area contributed by atoms with E-state index in [0.29, 0.717) is 5.92 Å². The van der Waals surface area contributed by atoms with Crippen molar-refractivity contribution in [2.75, 3.05) is 6.61 Å². The quantitative estimate of drug-likeness (QED) is 0.719. The minimum absolute atomic E-state index is 0.209. The summed E-state index contributed by atoms with van der Waals surface area (Å²) in [6, 6.07) is 0. The van der Waals surface area contributed by atoms with Crippen molar-refractivity contribution in [2.24, 2.45) is 5.92 Å². The number of hydrogen-bond acceptors (Lipinski definition) is 2. The largest absolute Gasteiger partial charge is 0.468 e. The van der Waals surface area contributed by atoms with E-state index in [2.05, 4.69) is 13.8 Å². The molecule has 1 N–H and O–H groups in total. The molecule has 2 heteroatoms. The molecule has 1 aromatic heterocycles. The molecule has 2 rings (SSSR count). The van der Waals surface area contributed by atoms with Gasteiger partial charge in [-0.3, -0.25) is 0 Å². The third kappa shape index (κ3) is 1.29. The van der Waals surface area contributed by atoms with Crippen LogP contribution >= 0.6 is 0 Å². The predicted octanol–water partition coefficient (Wildman–Crippen LogP) is 2.25. The Balaban J connectivity index is 2.40. The van der Waals surface area contributed by atoms with Gasteiger partial charge in [0.1, 0.15) is 5.76 Å². The lowest BCUT2D eigenvalue weighted by Gasteiger charge is -2.26. The second-order valence-corrected chi connectivity index (χ2v) is 4.07. The monoisotopic (exact) mass is 180 g/mol. The van der Waals surface area contributed by atoms with Crippen molar-refractivity contribution in [2.45, 2.75) is 32.6 Å². The lowest BCUT2D eigenvalue weighted by atomic mass is 9.80. The van der Waals surface area contributed by atoms with Crippen molar-refractivity contribution in [1.82, 2.24) is 0 Å². The fourth-order valence-corrected chi connectivity index (χ4v) is 2.21. The minimum Gasteiger partial charge on any atom is -0.468 e. The molecule has 1 aromatic rings. The highest BCUT2D eigenvalue weighted by molar-refractivity contribution is 5.32. The lowest BCUT2D eigenvalue weighted by molar-refractivity contribution is 0.199. The van der Waals surface area contributed by atoms with Crippen LogP contribution in [0.3, 0.4) is 0 Å². The Bertz CT molecular complexity index is 301. The van der Waals surface area contributed by atoms with Crippen LogP contribution in [-0.4, -0.2) is 11.7 Å². The highest BCUT2D eigenvalue weighted by Crippen LogP contribution is 2.37. The summed E-state index contributed by atoms with van der Waals surface area (Å²) in [4.78, 5) is 0. The van der Waals surface area contributed by atoms with E-state index in [1.165, 1.54) is 17.5 Å². The minimum atomic E-state index is 0.209. The fraction of sp³-hybridized carbons (Fsp3) is 0.636. The van der Waals surface area contributed by atoms with Crippen molar-refractivity contribution in [3.63, 3.8) is 0 Å². The first kappa shape index (κ1) is 8.82. The van der Waals surface area contributed by atoms with Crippen LogP contribution in [0.15, 0.2) is 10.7 Å². The Morgan fingerprint density at radius 1 is 1.62 bits per heavy atom. The van der Waals surface area contributed by atoms with Gasteiger partial charge in [0.05, 0.1) is 12.9 Å². The molecule has 0 aliphatic heterocycles. The Kier molecular flexibility index (Phi) is 2.16. The van der Waals surface area contributed by atoms with Gasteiger partial charge in [-0.1, -0.05) is 6.92 Å². The summed E-state index contributed by atoms with van der Waals surface area (Å²) in [5, 5.41) is 9.26.